The first-order valence-electron chi connectivity index (χ1n) is 6.55. The first-order valence-corrected chi connectivity index (χ1v) is 7.43. The van der Waals surface area contributed by atoms with Crippen LogP contribution in [0.1, 0.15) is 44.4 Å². The van der Waals surface area contributed by atoms with Gasteiger partial charge in [0.1, 0.15) is 0 Å². The van der Waals surface area contributed by atoms with E-state index in [0.717, 1.165) is 12.5 Å². The Morgan fingerprint density at radius 3 is 2.81 bits per heavy atom. The summed E-state index contributed by atoms with van der Waals surface area (Å²) >= 11 is 1.94. The minimum absolute atomic E-state index is 0.476. The molecule has 16 heavy (non-hydrogen) atoms. The lowest BCUT2D eigenvalue weighted by atomic mass is 9.60. The Morgan fingerprint density at radius 1 is 1.44 bits per heavy atom. The van der Waals surface area contributed by atoms with E-state index in [0.29, 0.717) is 5.41 Å². The normalized spacial score (nSPS) is 29.0. The maximum Gasteiger partial charge on any atom is 0.0177 e. The van der Waals surface area contributed by atoms with Crippen molar-refractivity contribution in [2.24, 2.45) is 5.92 Å². The van der Waals surface area contributed by atoms with Gasteiger partial charge in [-0.25, -0.2) is 0 Å². The third-order valence-electron chi connectivity index (χ3n) is 3.87. The first-order chi connectivity index (χ1) is 7.80. The standard InChI is InChI=1S/C14H23NS/c1-3-7-15-11-14(9-12(4-2)10-14)13-6-5-8-16-13/h5-6,8,12,15H,3-4,7,9-11H2,1-2H3. The second-order valence-corrected chi connectivity index (χ2v) is 6.06. The Morgan fingerprint density at radius 2 is 2.25 bits per heavy atom. The van der Waals surface area contributed by atoms with Gasteiger partial charge < -0.3 is 5.32 Å². The largest absolute Gasteiger partial charge is 0.316 e. The molecule has 0 atom stereocenters. The van der Waals surface area contributed by atoms with Crippen LogP contribution in [0.3, 0.4) is 0 Å². The van der Waals surface area contributed by atoms with Crippen LogP contribution in [0, 0.1) is 5.92 Å². The van der Waals surface area contributed by atoms with Crippen LogP contribution in [0.5, 0.6) is 0 Å². The zero-order valence-electron chi connectivity index (χ0n) is 10.5. The lowest BCUT2D eigenvalue weighted by molar-refractivity contribution is 0.137. The summed E-state index contributed by atoms with van der Waals surface area (Å²) in [4.78, 5) is 1.60. The minimum Gasteiger partial charge on any atom is -0.316 e. The minimum atomic E-state index is 0.476. The van der Waals surface area contributed by atoms with Crippen LogP contribution in [0.15, 0.2) is 17.5 Å². The van der Waals surface area contributed by atoms with E-state index >= 15 is 0 Å². The second-order valence-electron chi connectivity index (χ2n) is 5.12. The quantitative estimate of drug-likeness (QED) is 0.742. The van der Waals surface area contributed by atoms with Crippen LogP contribution in [0.2, 0.25) is 0 Å². The van der Waals surface area contributed by atoms with Crippen LogP contribution in [0.25, 0.3) is 0 Å². The van der Waals surface area contributed by atoms with Gasteiger partial charge in [0.25, 0.3) is 0 Å². The van der Waals surface area contributed by atoms with Gasteiger partial charge in [-0.2, -0.15) is 0 Å². The summed E-state index contributed by atoms with van der Waals surface area (Å²) in [5, 5.41) is 5.84. The van der Waals surface area contributed by atoms with Crippen LogP contribution >= 0.6 is 11.3 Å². The highest BCUT2D eigenvalue weighted by atomic mass is 32.1. The molecule has 0 saturated heterocycles. The Balaban J connectivity index is 1.98. The van der Waals surface area contributed by atoms with Gasteiger partial charge >= 0.3 is 0 Å². The zero-order chi connectivity index (χ0) is 11.4. The van der Waals surface area contributed by atoms with Crippen molar-refractivity contribution in [3.8, 4) is 0 Å². The summed E-state index contributed by atoms with van der Waals surface area (Å²) in [5.41, 5.74) is 0.476. The van der Waals surface area contributed by atoms with E-state index in [-0.39, 0.29) is 0 Å². The molecule has 1 aliphatic rings. The van der Waals surface area contributed by atoms with Crippen molar-refractivity contribution < 1.29 is 0 Å². The molecule has 2 rings (SSSR count). The second kappa shape index (κ2) is 5.33. The van der Waals surface area contributed by atoms with Gasteiger partial charge in [-0.1, -0.05) is 26.3 Å². The molecule has 1 saturated carbocycles. The van der Waals surface area contributed by atoms with Crippen molar-refractivity contribution in [3.05, 3.63) is 22.4 Å². The summed E-state index contributed by atoms with van der Waals surface area (Å²) in [6.07, 6.45) is 5.36. The zero-order valence-corrected chi connectivity index (χ0v) is 11.3. The SMILES string of the molecule is CCCNCC1(c2cccs2)CC(CC)C1. The van der Waals surface area contributed by atoms with Crippen molar-refractivity contribution in [1.82, 2.24) is 5.32 Å². The molecule has 90 valence electrons. The van der Waals surface area contributed by atoms with Crippen LogP contribution in [0.4, 0.5) is 0 Å². The van der Waals surface area contributed by atoms with Crippen molar-refractivity contribution in [2.75, 3.05) is 13.1 Å². The Kier molecular flexibility index (Phi) is 4.04. The summed E-state index contributed by atoms with van der Waals surface area (Å²) in [6, 6.07) is 4.52. The Bertz CT molecular complexity index is 299. The summed E-state index contributed by atoms with van der Waals surface area (Å²) in [7, 11) is 0. The molecule has 2 heteroatoms. The fourth-order valence-corrected chi connectivity index (χ4v) is 3.80. The summed E-state index contributed by atoms with van der Waals surface area (Å²) in [5.74, 6) is 0.963. The highest BCUT2D eigenvalue weighted by Gasteiger charge is 2.44. The van der Waals surface area contributed by atoms with Crippen molar-refractivity contribution >= 4 is 11.3 Å². The van der Waals surface area contributed by atoms with E-state index < -0.39 is 0 Å². The maximum atomic E-state index is 3.62. The summed E-state index contributed by atoms with van der Waals surface area (Å²) in [6.45, 7) is 6.89. The van der Waals surface area contributed by atoms with Crippen LogP contribution in [-0.2, 0) is 5.41 Å². The van der Waals surface area contributed by atoms with Gasteiger partial charge in [-0.3, -0.25) is 0 Å². The molecule has 1 aliphatic carbocycles. The molecule has 1 heterocycles. The number of thiophene rings is 1. The highest BCUT2D eigenvalue weighted by molar-refractivity contribution is 7.10. The lowest BCUT2D eigenvalue weighted by Gasteiger charge is -2.47. The number of rotatable bonds is 6. The predicted octanol–water partition coefficient (Wildman–Crippen LogP) is 3.81. The molecule has 1 nitrogen and oxygen atoms in total. The van der Waals surface area contributed by atoms with Crippen molar-refractivity contribution in [1.29, 1.82) is 0 Å². The van der Waals surface area contributed by atoms with Crippen LogP contribution < -0.4 is 5.32 Å². The fraction of sp³-hybridized carbons (Fsp3) is 0.714. The third-order valence-corrected chi connectivity index (χ3v) is 4.99. The monoisotopic (exact) mass is 237 g/mol. The lowest BCUT2D eigenvalue weighted by Crippen LogP contribution is -2.48. The molecule has 0 aliphatic heterocycles. The number of hydrogen-bond donors (Lipinski definition) is 1. The average molecular weight is 237 g/mol. The van der Waals surface area contributed by atoms with E-state index in [1.165, 1.54) is 32.2 Å². The highest BCUT2D eigenvalue weighted by Crippen LogP contribution is 2.50. The third kappa shape index (κ3) is 2.33. The first kappa shape index (κ1) is 12.1. The number of nitrogens with one attached hydrogen (secondary N) is 1. The van der Waals surface area contributed by atoms with Gasteiger partial charge in [0.15, 0.2) is 0 Å². The smallest absolute Gasteiger partial charge is 0.0177 e. The predicted molar refractivity (Wildman–Crippen MR) is 72.2 cm³/mol. The fourth-order valence-electron chi connectivity index (χ4n) is 2.85. The van der Waals surface area contributed by atoms with Gasteiger partial charge in [-0.15, -0.1) is 11.3 Å². The molecule has 0 bridgehead atoms. The van der Waals surface area contributed by atoms with Crippen molar-refractivity contribution in [2.45, 2.75) is 44.9 Å². The van der Waals surface area contributed by atoms with Gasteiger partial charge in [-0.05, 0) is 43.2 Å². The average Bonchev–Trinajstić information content (AvgIpc) is 2.75. The molecule has 1 N–H and O–H groups in total. The Hall–Kier alpha value is -0.340. The molecule has 0 aromatic carbocycles. The van der Waals surface area contributed by atoms with E-state index in [4.69, 9.17) is 0 Å². The van der Waals surface area contributed by atoms with Crippen LogP contribution in [-0.4, -0.2) is 13.1 Å². The molecule has 0 radical (unpaired) electrons. The Labute approximate surface area is 103 Å². The molecule has 0 spiro atoms. The molecule has 1 aromatic heterocycles. The van der Waals surface area contributed by atoms with Gasteiger partial charge in [0.2, 0.25) is 0 Å². The van der Waals surface area contributed by atoms with Gasteiger partial charge in [0, 0.05) is 16.8 Å². The summed E-state index contributed by atoms with van der Waals surface area (Å²) < 4.78 is 0. The van der Waals surface area contributed by atoms with Crippen molar-refractivity contribution in [3.63, 3.8) is 0 Å². The number of hydrogen-bond acceptors (Lipinski definition) is 2. The molecular weight excluding hydrogens is 214 g/mol. The van der Waals surface area contributed by atoms with E-state index in [2.05, 4.69) is 36.7 Å². The molecule has 1 fully saturated rings. The van der Waals surface area contributed by atoms with E-state index in [1.807, 2.05) is 11.3 Å². The topological polar surface area (TPSA) is 12.0 Å². The van der Waals surface area contributed by atoms with E-state index in [1.54, 1.807) is 4.88 Å². The molecular formula is C14H23NS. The molecule has 1 aromatic rings. The van der Waals surface area contributed by atoms with E-state index in [9.17, 15) is 0 Å². The molecule has 0 unspecified atom stereocenters. The maximum absolute atomic E-state index is 3.62. The molecule has 0 amide bonds. The van der Waals surface area contributed by atoms with Gasteiger partial charge in [0.05, 0.1) is 0 Å².